The second kappa shape index (κ2) is 33.1. The van der Waals surface area contributed by atoms with Gasteiger partial charge in [-0.1, -0.05) is 352 Å². The van der Waals surface area contributed by atoms with E-state index < -0.39 is 40.9 Å². The topological polar surface area (TPSA) is 127 Å². The first-order valence-electron chi connectivity index (χ1n) is 41.8. The van der Waals surface area contributed by atoms with Gasteiger partial charge in [-0.3, -0.25) is 0 Å². The Morgan fingerprint density at radius 1 is 0.287 bits per heavy atom. The molecule has 4 heterocycles. The Morgan fingerprint density at radius 3 is 0.877 bits per heavy atom. The summed E-state index contributed by atoms with van der Waals surface area (Å²) in [4.78, 5) is 3.61. The molecule has 0 aromatic heterocycles. The highest BCUT2D eigenvalue weighted by Gasteiger charge is 2.54. The molecule has 2 atom stereocenters. The summed E-state index contributed by atoms with van der Waals surface area (Å²) in [6.07, 6.45) is 21.4. The van der Waals surface area contributed by atoms with Crippen LogP contribution >= 0.6 is 0 Å². The van der Waals surface area contributed by atoms with Gasteiger partial charge in [-0.15, -0.1) is 0 Å². The van der Waals surface area contributed by atoms with Crippen LogP contribution in [-0.2, 0) is 93.3 Å². The highest BCUT2D eigenvalue weighted by molar-refractivity contribution is 7.87. The lowest BCUT2D eigenvalue weighted by atomic mass is 9.68. The van der Waals surface area contributed by atoms with Gasteiger partial charge < -0.3 is 18.9 Å². The monoisotopic (exact) mass is 1630 g/mol. The molecule has 19 rings (SSSR count). The molecule has 12 heteroatoms. The van der Waals surface area contributed by atoms with Crippen molar-refractivity contribution < 1.29 is 35.1 Å². The third-order valence-electron chi connectivity index (χ3n) is 26.0. The van der Waals surface area contributed by atoms with Gasteiger partial charge in [0.05, 0.1) is 32.0 Å². The SMILES string of the molecule is CN1/C(=C/C=C/C2=[N+](C)c3ccccc3C2(Cc2ccccc2)Cc2ccc(CC3(Cc4ccccc4)C(/C=C/C=C4/N(C)c5c(ccc6ccccc56)C4(Cc4ccccc4)Cc4ccccc4)=[N+](C)c4ccccc43)cc2)C(Cc2ccccc2)(Cc2ccccc2)c2ccc3ccccc3c21.O=S(=O)([O-])c1cccc2cccc(S(=O)(=O)[O-])c12. The van der Waals surface area contributed by atoms with E-state index in [1.807, 2.05) is 0 Å². The maximum absolute atomic E-state index is 11.1. The van der Waals surface area contributed by atoms with Crippen LogP contribution in [0.25, 0.3) is 32.3 Å². The lowest BCUT2D eigenvalue weighted by molar-refractivity contribution is -0.401. The Hall–Kier alpha value is -13.2. The smallest absolute Gasteiger partial charge is 0.209 e. The summed E-state index contributed by atoms with van der Waals surface area (Å²) >= 11 is 0. The Morgan fingerprint density at radius 2 is 0.557 bits per heavy atom. The minimum absolute atomic E-state index is 0.198. The molecule has 0 aliphatic carbocycles. The summed E-state index contributed by atoms with van der Waals surface area (Å²) in [5.41, 5.74) is 24.7. The number of hydrogen-bond donors (Lipinski definition) is 0. The van der Waals surface area contributed by atoms with Gasteiger partial charge in [-0.25, -0.2) is 16.8 Å². The van der Waals surface area contributed by atoms with E-state index in [1.54, 1.807) is 0 Å². The maximum Gasteiger partial charge on any atom is 0.209 e. The molecule has 0 fully saturated rings. The van der Waals surface area contributed by atoms with Gasteiger partial charge in [-0.2, -0.15) is 9.15 Å². The summed E-state index contributed by atoms with van der Waals surface area (Å²) in [6, 6.07) is 130. The van der Waals surface area contributed by atoms with Crippen LogP contribution < -0.4 is 9.80 Å². The molecule has 15 aromatic carbocycles. The Balaban J connectivity index is 0.000000501. The van der Waals surface area contributed by atoms with Gasteiger partial charge in [0.1, 0.15) is 34.3 Å². The second-order valence-electron chi connectivity index (χ2n) is 33.2. The predicted molar refractivity (Wildman–Crippen MR) is 495 cm³/mol. The van der Waals surface area contributed by atoms with Gasteiger partial charge in [-0.05, 0) is 147 Å². The molecule has 0 N–H and O–H groups in total. The van der Waals surface area contributed by atoms with Crippen molar-refractivity contribution in [1.82, 2.24) is 0 Å². The number of hydrogen-bond acceptors (Lipinski definition) is 8. The molecule has 15 aromatic rings. The summed E-state index contributed by atoms with van der Waals surface area (Å²) in [5, 5.41) is 4.91. The molecule has 0 saturated heterocycles. The van der Waals surface area contributed by atoms with Crippen molar-refractivity contribution in [2.45, 2.75) is 82.8 Å². The van der Waals surface area contributed by atoms with Crippen molar-refractivity contribution in [3.8, 4) is 0 Å². The summed E-state index contributed by atoms with van der Waals surface area (Å²) in [6.45, 7) is 0. The maximum atomic E-state index is 11.1. The van der Waals surface area contributed by atoms with Crippen molar-refractivity contribution in [3.05, 3.63) is 479 Å². The van der Waals surface area contributed by atoms with Crippen LogP contribution in [0.5, 0.6) is 0 Å². The zero-order chi connectivity index (χ0) is 83.8. The quantitative estimate of drug-likeness (QED) is 0.0485. The number of anilines is 2. The molecule has 602 valence electrons. The van der Waals surface area contributed by atoms with E-state index >= 15 is 0 Å². The normalized spacial score (nSPS) is 17.7. The van der Waals surface area contributed by atoms with E-state index in [-0.39, 0.29) is 21.6 Å². The minimum Gasteiger partial charge on any atom is -0.744 e. The van der Waals surface area contributed by atoms with E-state index in [1.165, 1.54) is 158 Å². The number of rotatable bonds is 22. The van der Waals surface area contributed by atoms with Crippen molar-refractivity contribution in [2.75, 3.05) is 38.0 Å². The molecular weight excluding hydrogens is 1540 g/mol. The van der Waals surface area contributed by atoms with E-state index in [9.17, 15) is 25.9 Å². The molecule has 4 aliphatic heterocycles. The van der Waals surface area contributed by atoms with Crippen molar-refractivity contribution in [2.24, 2.45) is 0 Å². The average Bonchev–Trinajstić information content (AvgIpc) is 1.56. The summed E-state index contributed by atoms with van der Waals surface area (Å²) in [7, 11) is -0.540. The molecule has 0 amide bonds. The van der Waals surface area contributed by atoms with Crippen LogP contribution in [0, 0.1) is 0 Å². The van der Waals surface area contributed by atoms with Gasteiger partial charge in [0.25, 0.3) is 0 Å². The van der Waals surface area contributed by atoms with Crippen LogP contribution in [0.4, 0.5) is 22.7 Å². The molecule has 0 radical (unpaired) electrons. The fourth-order valence-electron chi connectivity index (χ4n) is 20.8. The highest BCUT2D eigenvalue weighted by atomic mass is 32.2. The van der Waals surface area contributed by atoms with Crippen molar-refractivity contribution in [3.63, 3.8) is 0 Å². The van der Waals surface area contributed by atoms with Crippen LogP contribution in [0.3, 0.4) is 0 Å². The summed E-state index contributed by atoms with van der Waals surface area (Å²) in [5.74, 6) is 0. The number of allylic oxidation sites excluding steroid dienone is 8. The number of benzene rings is 15. The first-order valence-corrected chi connectivity index (χ1v) is 44.6. The molecule has 4 aliphatic rings. The van der Waals surface area contributed by atoms with E-state index in [0.717, 1.165) is 63.5 Å². The highest BCUT2D eigenvalue weighted by Crippen LogP contribution is 2.57. The lowest BCUT2D eigenvalue weighted by Gasteiger charge is -2.33. The molecule has 0 bridgehead atoms. The third kappa shape index (κ3) is 14.9. The van der Waals surface area contributed by atoms with Gasteiger partial charge in [0.15, 0.2) is 11.4 Å². The van der Waals surface area contributed by atoms with Crippen LogP contribution in [-0.4, -0.2) is 74.7 Å². The fraction of sp³-hybridized carbons (Fsp3) is 0.145. The molecule has 10 nitrogen and oxygen atoms in total. The largest absolute Gasteiger partial charge is 0.744 e. The van der Waals surface area contributed by atoms with E-state index in [0.29, 0.717) is 0 Å². The van der Waals surface area contributed by atoms with Gasteiger partial charge >= 0.3 is 0 Å². The second-order valence-corrected chi connectivity index (χ2v) is 35.9. The zero-order valence-corrected chi connectivity index (χ0v) is 70.4. The minimum atomic E-state index is -4.87. The zero-order valence-electron chi connectivity index (χ0n) is 68.8. The number of nitrogens with zero attached hydrogens (tertiary/aromatic N) is 4. The van der Waals surface area contributed by atoms with Crippen molar-refractivity contribution in [1.29, 1.82) is 0 Å². The van der Waals surface area contributed by atoms with Gasteiger partial charge in [0.2, 0.25) is 11.4 Å². The molecule has 2 unspecified atom stereocenters. The van der Waals surface area contributed by atoms with E-state index in [2.05, 4.69) is 411 Å². The molecular formula is C110H94N4O6S2. The van der Waals surface area contributed by atoms with Gasteiger partial charge in [0, 0.05) is 87.9 Å². The Bertz CT molecular complexity index is 6440. The van der Waals surface area contributed by atoms with E-state index in [4.69, 9.17) is 0 Å². The first-order chi connectivity index (χ1) is 59.3. The van der Waals surface area contributed by atoms with Crippen molar-refractivity contribution >= 4 is 86.7 Å². The lowest BCUT2D eigenvalue weighted by Crippen LogP contribution is -2.39. The number of likely N-dealkylation sites (N-methyl/N-ethyl adjacent to an activating group) is 2. The summed E-state index contributed by atoms with van der Waals surface area (Å²) < 4.78 is 71.4. The van der Waals surface area contributed by atoms with Crippen LogP contribution in [0.1, 0.15) is 66.8 Å². The number of fused-ring (bicyclic) bond motifs is 9. The predicted octanol–water partition coefficient (Wildman–Crippen LogP) is 22.2. The third-order valence-corrected chi connectivity index (χ3v) is 27.7. The fourth-order valence-corrected chi connectivity index (χ4v) is 22.3. The number of para-hydroxylation sites is 2. The van der Waals surface area contributed by atoms with Crippen LogP contribution in [0.2, 0.25) is 0 Å². The molecule has 122 heavy (non-hydrogen) atoms. The molecule has 0 saturated carbocycles. The first kappa shape index (κ1) is 79.9. The molecule has 0 spiro atoms. The Labute approximate surface area is 716 Å². The Kier molecular flexibility index (Phi) is 21.7. The van der Waals surface area contributed by atoms with Crippen LogP contribution in [0.15, 0.2) is 422 Å². The average molecular weight is 1630 g/mol. The standard InChI is InChI=1S/C100H88N4.C10H8O6S2/c1-101-89-51-29-27-49-85(89)97(65-73-33-11-5-12-34-73,91(101)53-31-55-93-99(67-75-37-15-7-16-38-75,68-76-39-17-8-18-40-76)87-63-61-81-45-23-25-47-83(81)95(87)103(93)3)71-79-57-59-80(60-58-79)72-98(66-74-35-13-6-14-36-74)86-50-28-30-52-90(86)102(2)92(98)54-32-56-94-100(69-77-41-19-9-20-42-77,70-78-43-21-10-22-44-78)88-64-62-82-46-24-26-48-84(82)96(88)104(94)4;11-17(12,13)8-5-1-3-7-4-2-6-9(10(7)8)18(14,15)16/h5-64H,65-72H2,1-4H3;1-6H,(H,11,12,13)(H,14,15,16)/q+2;/p-2.